The molecule has 6 heteroatoms. The van der Waals surface area contributed by atoms with Gasteiger partial charge in [0, 0.05) is 18.2 Å². The van der Waals surface area contributed by atoms with Crippen LogP contribution in [0.5, 0.6) is 5.75 Å². The average molecular weight is 413 g/mol. The standard InChI is InChI=1S/C23H24O5S/c1-16-14-21(15-29(3,25)26)28-22(23(16)24)13-6-17-4-7-18(8-5-17)19-9-11-20(27-2)12-10-19/h4-5,7-12,14,24H,1,6,13,15H2,2-3H3. The summed E-state index contributed by atoms with van der Waals surface area (Å²) in [7, 11) is -1.60. The number of aliphatic hydroxyl groups is 1. The molecule has 2 aromatic carbocycles. The number of rotatable bonds is 7. The van der Waals surface area contributed by atoms with Crippen LogP contribution < -0.4 is 4.74 Å². The molecular weight excluding hydrogens is 388 g/mol. The van der Waals surface area contributed by atoms with Crippen molar-refractivity contribution >= 4 is 9.84 Å². The van der Waals surface area contributed by atoms with Crippen LogP contribution in [0.25, 0.3) is 11.1 Å². The third-order valence-electron chi connectivity index (χ3n) is 4.58. The number of allylic oxidation sites excluding steroid dienone is 2. The Morgan fingerprint density at radius 2 is 1.59 bits per heavy atom. The molecule has 0 atom stereocenters. The summed E-state index contributed by atoms with van der Waals surface area (Å²) in [5, 5.41) is 10.2. The number of sulfone groups is 1. The Kier molecular flexibility index (Phi) is 6.13. The molecule has 3 rings (SSSR count). The van der Waals surface area contributed by atoms with E-state index in [1.807, 2.05) is 48.5 Å². The molecule has 0 radical (unpaired) electrons. The molecule has 1 aliphatic rings. The Hall–Kier alpha value is -2.99. The minimum atomic E-state index is -3.24. The van der Waals surface area contributed by atoms with E-state index in [2.05, 4.69) is 6.58 Å². The average Bonchev–Trinajstić information content (AvgIpc) is 2.69. The highest BCUT2D eigenvalue weighted by Gasteiger charge is 2.21. The molecule has 0 amide bonds. The molecule has 29 heavy (non-hydrogen) atoms. The molecule has 0 aromatic heterocycles. The van der Waals surface area contributed by atoms with Crippen molar-refractivity contribution < 1.29 is 23.0 Å². The molecule has 0 saturated heterocycles. The molecule has 0 unspecified atom stereocenters. The lowest BCUT2D eigenvalue weighted by atomic mass is 10.0. The normalized spacial score (nSPS) is 14.4. The predicted molar refractivity (Wildman–Crippen MR) is 114 cm³/mol. The summed E-state index contributed by atoms with van der Waals surface area (Å²) in [5.41, 5.74) is 3.63. The van der Waals surface area contributed by atoms with E-state index in [1.54, 1.807) is 7.11 Å². The van der Waals surface area contributed by atoms with Crippen LogP contribution in [0.2, 0.25) is 0 Å². The van der Waals surface area contributed by atoms with Gasteiger partial charge in [-0.3, -0.25) is 0 Å². The van der Waals surface area contributed by atoms with Gasteiger partial charge in [0.2, 0.25) is 0 Å². The van der Waals surface area contributed by atoms with Gasteiger partial charge in [0.1, 0.15) is 23.0 Å². The van der Waals surface area contributed by atoms with Crippen molar-refractivity contribution in [2.75, 3.05) is 19.1 Å². The first-order valence-corrected chi connectivity index (χ1v) is 11.2. The SMILES string of the molecule is C=C1C=C(CS(C)(=O)=O)OC(CCc2ccc(-c3ccc(OC)cc3)cc2)=C1O. The summed E-state index contributed by atoms with van der Waals surface area (Å²) in [5.74, 6) is 1.18. The number of aryl methyl sites for hydroxylation is 1. The molecule has 2 aromatic rings. The molecule has 1 aliphatic heterocycles. The van der Waals surface area contributed by atoms with E-state index in [-0.39, 0.29) is 17.3 Å². The van der Waals surface area contributed by atoms with E-state index in [1.165, 1.54) is 6.08 Å². The zero-order valence-electron chi connectivity index (χ0n) is 16.5. The number of aliphatic hydroxyl groups excluding tert-OH is 1. The highest BCUT2D eigenvalue weighted by Crippen LogP contribution is 2.28. The van der Waals surface area contributed by atoms with Gasteiger partial charge in [0.15, 0.2) is 15.6 Å². The number of hydrogen-bond donors (Lipinski definition) is 1. The highest BCUT2D eigenvalue weighted by molar-refractivity contribution is 7.90. The predicted octanol–water partition coefficient (Wildman–Crippen LogP) is 4.58. The first-order chi connectivity index (χ1) is 13.7. The van der Waals surface area contributed by atoms with Gasteiger partial charge in [-0.05, 0) is 41.3 Å². The van der Waals surface area contributed by atoms with Crippen molar-refractivity contribution in [1.29, 1.82) is 0 Å². The molecule has 0 spiro atoms. The third-order valence-corrected chi connectivity index (χ3v) is 5.39. The third kappa shape index (κ3) is 5.51. The second-order valence-corrected chi connectivity index (χ2v) is 9.15. The number of benzene rings is 2. The van der Waals surface area contributed by atoms with Crippen LogP contribution >= 0.6 is 0 Å². The monoisotopic (exact) mass is 412 g/mol. The summed E-state index contributed by atoms with van der Waals surface area (Å²) in [6.07, 6.45) is 3.68. The quantitative estimate of drug-likeness (QED) is 0.721. The largest absolute Gasteiger partial charge is 0.504 e. The molecule has 0 bridgehead atoms. The molecule has 5 nitrogen and oxygen atoms in total. The smallest absolute Gasteiger partial charge is 0.160 e. The van der Waals surface area contributed by atoms with Gasteiger partial charge in [0.05, 0.1) is 7.11 Å². The van der Waals surface area contributed by atoms with E-state index in [9.17, 15) is 13.5 Å². The van der Waals surface area contributed by atoms with Crippen LogP contribution in [0, 0.1) is 0 Å². The molecule has 0 fully saturated rings. The van der Waals surface area contributed by atoms with Crippen molar-refractivity contribution in [2.24, 2.45) is 0 Å². The van der Waals surface area contributed by atoms with Gasteiger partial charge >= 0.3 is 0 Å². The van der Waals surface area contributed by atoms with Gasteiger partial charge in [-0.25, -0.2) is 8.42 Å². The van der Waals surface area contributed by atoms with Crippen LogP contribution in [-0.2, 0) is 21.0 Å². The lowest BCUT2D eigenvalue weighted by Gasteiger charge is -2.20. The van der Waals surface area contributed by atoms with Crippen LogP contribution in [0.4, 0.5) is 0 Å². The lowest BCUT2D eigenvalue weighted by molar-refractivity contribution is 0.250. The summed E-state index contributed by atoms with van der Waals surface area (Å²) in [4.78, 5) is 0. The Morgan fingerprint density at radius 1 is 1.00 bits per heavy atom. The van der Waals surface area contributed by atoms with E-state index in [0.29, 0.717) is 24.2 Å². The molecule has 0 saturated carbocycles. The van der Waals surface area contributed by atoms with Gasteiger partial charge in [-0.1, -0.05) is 43.0 Å². The minimum absolute atomic E-state index is 0.0305. The summed E-state index contributed by atoms with van der Waals surface area (Å²) < 4.78 is 33.8. The summed E-state index contributed by atoms with van der Waals surface area (Å²) in [6, 6.07) is 16.0. The van der Waals surface area contributed by atoms with E-state index < -0.39 is 9.84 Å². The highest BCUT2D eigenvalue weighted by atomic mass is 32.2. The molecule has 1 heterocycles. The van der Waals surface area contributed by atoms with Gasteiger partial charge < -0.3 is 14.6 Å². The Bertz CT molecular complexity index is 1060. The van der Waals surface area contributed by atoms with Crippen LogP contribution in [-0.4, -0.2) is 32.6 Å². The number of ether oxygens (including phenoxy) is 2. The summed E-state index contributed by atoms with van der Waals surface area (Å²) in [6.45, 7) is 3.77. The van der Waals surface area contributed by atoms with Gasteiger partial charge in [0.25, 0.3) is 0 Å². The molecular formula is C23H24O5S. The van der Waals surface area contributed by atoms with Crippen molar-refractivity contribution in [3.63, 3.8) is 0 Å². The first kappa shape index (κ1) is 20.7. The second-order valence-electron chi connectivity index (χ2n) is 7.01. The second kappa shape index (κ2) is 8.57. The minimum Gasteiger partial charge on any atom is -0.504 e. The fourth-order valence-electron chi connectivity index (χ4n) is 3.08. The van der Waals surface area contributed by atoms with Crippen molar-refractivity contribution in [1.82, 2.24) is 0 Å². The van der Waals surface area contributed by atoms with Crippen LogP contribution in [0.15, 0.2) is 84.0 Å². The Labute approximate surface area is 171 Å². The van der Waals surface area contributed by atoms with E-state index in [4.69, 9.17) is 9.47 Å². The lowest BCUT2D eigenvalue weighted by Crippen LogP contribution is -2.13. The van der Waals surface area contributed by atoms with E-state index in [0.717, 1.165) is 28.7 Å². The van der Waals surface area contributed by atoms with Gasteiger partial charge in [-0.2, -0.15) is 0 Å². The first-order valence-electron chi connectivity index (χ1n) is 9.16. The van der Waals surface area contributed by atoms with Crippen molar-refractivity contribution in [3.8, 4) is 16.9 Å². The van der Waals surface area contributed by atoms with Crippen LogP contribution in [0.1, 0.15) is 12.0 Å². The van der Waals surface area contributed by atoms with Crippen molar-refractivity contribution in [3.05, 3.63) is 89.6 Å². The topological polar surface area (TPSA) is 72.8 Å². The maximum absolute atomic E-state index is 11.5. The maximum atomic E-state index is 11.5. The zero-order valence-corrected chi connectivity index (χ0v) is 17.3. The zero-order chi connectivity index (χ0) is 21.0. The number of methoxy groups -OCH3 is 1. The molecule has 152 valence electrons. The fraction of sp³-hybridized carbons (Fsp3) is 0.217. The van der Waals surface area contributed by atoms with Crippen LogP contribution in [0.3, 0.4) is 0 Å². The maximum Gasteiger partial charge on any atom is 0.160 e. The molecule has 1 N–H and O–H groups in total. The number of hydrogen-bond acceptors (Lipinski definition) is 5. The Morgan fingerprint density at radius 3 is 2.14 bits per heavy atom. The molecule has 0 aliphatic carbocycles. The Balaban J connectivity index is 1.66. The van der Waals surface area contributed by atoms with Gasteiger partial charge in [-0.15, -0.1) is 0 Å². The summed E-state index contributed by atoms with van der Waals surface area (Å²) >= 11 is 0. The fourth-order valence-corrected chi connectivity index (χ4v) is 3.74. The van der Waals surface area contributed by atoms with Crippen molar-refractivity contribution in [2.45, 2.75) is 12.8 Å². The van der Waals surface area contributed by atoms with E-state index >= 15 is 0 Å².